The van der Waals surface area contributed by atoms with E-state index in [0.717, 1.165) is 5.56 Å². The van der Waals surface area contributed by atoms with Crippen molar-refractivity contribution in [2.24, 2.45) is 0 Å². The summed E-state index contributed by atoms with van der Waals surface area (Å²) in [7, 11) is 0. The average molecular weight is 304 g/mol. The van der Waals surface area contributed by atoms with Gasteiger partial charge in [0.05, 0.1) is 6.61 Å². The van der Waals surface area contributed by atoms with Crippen molar-refractivity contribution in [2.75, 3.05) is 12.9 Å². The van der Waals surface area contributed by atoms with E-state index in [1.807, 2.05) is 13.2 Å². The van der Waals surface area contributed by atoms with Crippen LogP contribution in [0.2, 0.25) is 5.02 Å². The molecule has 0 aliphatic carbocycles. The number of carbonyl (C=O) groups excluding carboxylic acids is 1. The highest BCUT2D eigenvalue weighted by molar-refractivity contribution is 7.99. The van der Waals surface area contributed by atoms with Crippen LogP contribution < -0.4 is 5.32 Å². The number of hydrogen-bond acceptors (Lipinski definition) is 4. The lowest BCUT2D eigenvalue weighted by atomic mass is 10.2. The normalized spacial score (nSPS) is 13.7. The molecule has 0 aliphatic rings. The van der Waals surface area contributed by atoms with E-state index in [2.05, 4.69) is 5.32 Å². The number of aliphatic hydroxyl groups excluding tert-OH is 1. The number of hydrogen-bond donors (Lipinski definition) is 2. The van der Waals surface area contributed by atoms with Gasteiger partial charge in [-0.3, -0.25) is 0 Å². The number of aliphatic hydroxyl groups is 1. The second-order valence-electron chi connectivity index (χ2n) is 4.09. The number of amides is 1. The fourth-order valence-electron chi connectivity index (χ4n) is 1.49. The topological polar surface area (TPSA) is 58.6 Å². The smallest absolute Gasteiger partial charge is 0.407 e. The SMILES string of the molecule is CS[C@@H](CO)[C@H](C)NC(=O)OCc1ccc(Cl)cc1. The second-order valence-corrected chi connectivity index (χ2v) is 5.61. The summed E-state index contributed by atoms with van der Waals surface area (Å²) in [6.07, 6.45) is 1.40. The monoisotopic (exact) mass is 303 g/mol. The molecule has 0 saturated heterocycles. The lowest BCUT2D eigenvalue weighted by Gasteiger charge is -2.20. The first-order valence-corrected chi connectivity index (χ1v) is 7.54. The van der Waals surface area contributed by atoms with Gasteiger partial charge in [-0.05, 0) is 30.9 Å². The Bertz CT molecular complexity index is 395. The van der Waals surface area contributed by atoms with Gasteiger partial charge in [0.1, 0.15) is 6.61 Å². The van der Waals surface area contributed by atoms with Crippen LogP contribution in [0.25, 0.3) is 0 Å². The minimum absolute atomic E-state index is 0.0137. The summed E-state index contributed by atoms with van der Waals surface area (Å²) in [5, 5.41) is 12.4. The molecular formula is C13H18ClNO3S. The number of nitrogens with one attached hydrogen (secondary N) is 1. The van der Waals surface area contributed by atoms with Crippen LogP contribution in [-0.2, 0) is 11.3 Å². The quantitative estimate of drug-likeness (QED) is 0.848. The molecule has 106 valence electrons. The number of thioether (sulfide) groups is 1. The van der Waals surface area contributed by atoms with Gasteiger partial charge in [-0.15, -0.1) is 0 Å². The van der Waals surface area contributed by atoms with Crippen LogP contribution >= 0.6 is 23.4 Å². The highest BCUT2D eigenvalue weighted by Gasteiger charge is 2.17. The predicted octanol–water partition coefficient (Wildman–Crippen LogP) is 2.68. The molecule has 2 atom stereocenters. The molecule has 4 nitrogen and oxygen atoms in total. The number of rotatable bonds is 6. The zero-order chi connectivity index (χ0) is 14.3. The molecule has 6 heteroatoms. The average Bonchev–Trinajstić information content (AvgIpc) is 2.39. The number of carbonyl (C=O) groups is 1. The van der Waals surface area contributed by atoms with Crippen molar-refractivity contribution in [3.8, 4) is 0 Å². The van der Waals surface area contributed by atoms with E-state index in [0.29, 0.717) is 5.02 Å². The first-order chi connectivity index (χ1) is 9.06. The number of halogens is 1. The molecule has 0 saturated carbocycles. The van der Waals surface area contributed by atoms with Crippen LogP contribution in [-0.4, -0.2) is 35.4 Å². The lowest BCUT2D eigenvalue weighted by Crippen LogP contribution is -2.41. The van der Waals surface area contributed by atoms with Crippen LogP contribution in [0.5, 0.6) is 0 Å². The Morgan fingerprint density at radius 1 is 1.47 bits per heavy atom. The van der Waals surface area contributed by atoms with Crippen molar-refractivity contribution in [1.82, 2.24) is 5.32 Å². The van der Waals surface area contributed by atoms with Crippen molar-refractivity contribution >= 4 is 29.5 Å². The molecular weight excluding hydrogens is 286 g/mol. The van der Waals surface area contributed by atoms with Gasteiger partial charge in [0.15, 0.2) is 0 Å². The molecule has 1 amide bonds. The van der Waals surface area contributed by atoms with Gasteiger partial charge < -0.3 is 15.2 Å². The molecule has 0 heterocycles. The lowest BCUT2D eigenvalue weighted by molar-refractivity contribution is 0.135. The molecule has 0 fully saturated rings. The Kier molecular flexibility index (Phi) is 7.05. The first-order valence-electron chi connectivity index (χ1n) is 5.88. The fraction of sp³-hybridized carbons (Fsp3) is 0.462. The maximum Gasteiger partial charge on any atom is 0.407 e. The van der Waals surface area contributed by atoms with Gasteiger partial charge in [0, 0.05) is 16.3 Å². The third kappa shape index (κ3) is 5.72. The van der Waals surface area contributed by atoms with Gasteiger partial charge in [-0.1, -0.05) is 23.7 Å². The number of alkyl carbamates (subject to hydrolysis) is 1. The van der Waals surface area contributed by atoms with Crippen LogP contribution in [0.3, 0.4) is 0 Å². The van der Waals surface area contributed by atoms with Gasteiger partial charge in [0.25, 0.3) is 0 Å². The molecule has 0 spiro atoms. The summed E-state index contributed by atoms with van der Waals surface area (Å²) in [6.45, 7) is 2.04. The van der Waals surface area contributed by atoms with E-state index in [1.54, 1.807) is 24.3 Å². The molecule has 0 aliphatic heterocycles. The Balaban J connectivity index is 2.37. The maximum atomic E-state index is 11.6. The van der Waals surface area contributed by atoms with Crippen LogP contribution in [0.1, 0.15) is 12.5 Å². The minimum atomic E-state index is -0.491. The summed E-state index contributed by atoms with van der Waals surface area (Å²) >= 11 is 7.27. The van der Waals surface area contributed by atoms with E-state index in [4.69, 9.17) is 21.4 Å². The summed E-state index contributed by atoms with van der Waals surface area (Å²) in [6, 6.07) is 6.94. The van der Waals surface area contributed by atoms with Gasteiger partial charge in [-0.25, -0.2) is 4.79 Å². The Hall–Kier alpha value is -0.910. The summed E-state index contributed by atoms with van der Waals surface area (Å²) in [4.78, 5) is 11.6. The van der Waals surface area contributed by atoms with Gasteiger partial charge >= 0.3 is 6.09 Å². The highest BCUT2D eigenvalue weighted by atomic mass is 35.5. The molecule has 2 N–H and O–H groups in total. The van der Waals surface area contributed by atoms with E-state index >= 15 is 0 Å². The molecule has 0 radical (unpaired) electrons. The van der Waals surface area contributed by atoms with Gasteiger partial charge in [-0.2, -0.15) is 11.8 Å². The number of benzene rings is 1. The molecule has 19 heavy (non-hydrogen) atoms. The second kappa shape index (κ2) is 8.30. The zero-order valence-electron chi connectivity index (χ0n) is 10.9. The van der Waals surface area contributed by atoms with E-state index < -0.39 is 6.09 Å². The van der Waals surface area contributed by atoms with Crippen molar-refractivity contribution in [2.45, 2.75) is 24.8 Å². The predicted molar refractivity (Wildman–Crippen MR) is 78.6 cm³/mol. The third-order valence-corrected chi connectivity index (χ3v) is 4.08. The molecule has 1 aromatic rings. The van der Waals surface area contributed by atoms with Crippen LogP contribution in [0.15, 0.2) is 24.3 Å². The van der Waals surface area contributed by atoms with E-state index in [9.17, 15) is 4.79 Å². The molecule has 0 bridgehead atoms. The summed E-state index contributed by atoms with van der Waals surface area (Å²) in [5.74, 6) is 0. The number of ether oxygens (including phenoxy) is 1. The molecule has 1 rings (SSSR count). The highest BCUT2D eigenvalue weighted by Crippen LogP contribution is 2.12. The van der Waals surface area contributed by atoms with E-state index in [1.165, 1.54) is 11.8 Å². The van der Waals surface area contributed by atoms with Crippen LogP contribution in [0, 0.1) is 0 Å². The Morgan fingerprint density at radius 2 is 2.11 bits per heavy atom. The molecule has 0 aromatic heterocycles. The van der Waals surface area contributed by atoms with Crippen molar-refractivity contribution in [3.05, 3.63) is 34.9 Å². The first kappa shape index (κ1) is 16.1. The Labute approximate surface area is 122 Å². The maximum absolute atomic E-state index is 11.6. The Morgan fingerprint density at radius 3 is 2.63 bits per heavy atom. The third-order valence-electron chi connectivity index (χ3n) is 2.67. The van der Waals surface area contributed by atoms with Crippen LogP contribution in [0.4, 0.5) is 4.79 Å². The standard InChI is InChI=1S/C13H18ClNO3S/c1-9(12(7-16)19-2)15-13(17)18-8-10-3-5-11(14)6-4-10/h3-6,9,12,16H,7-8H2,1-2H3,(H,15,17)/t9-,12-/m0/s1. The summed E-state index contributed by atoms with van der Waals surface area (Å²) in [5.41, 5.74) is 0.871. The fourth-order valence-corrected chi connectivity index (χ4v) is 2.24. The van der Waals surface area contributed by atoms with Crippen molar-refractivity contribution in [1.29, 1.82) is 0 Å². The molecule has 1 aromatic carbocycles. The van der Waals surface area contributed by atoms with E-state index in [-0.39, 0.29) is 24.5 Å². The largest absolute Gasteiger partial charge is 0.445 e. The minimum Gasteiger partial charge on any atom is -0.445 e. The molecule has 0 unspecified atom stereocenters. The van der Waals surface area contributed by atoms with Crippen molar-refractivity contribution in [3.63, 3.8) is 0 Å². The summed E-state index contributed by atoms with van der Waals surface area (Å²) < 4.78 is 5.09. The van der Waals surface area contributed by atoms with Gasteiger partial charge in [0.2, 0.25) is 0 Å². The zero-order valence-corrected chi connectivity index (χ0v) is 12.5. The van der Waals surface area contributed by atoms with Crippen molar-refractivity contribution < 1.29 is 14.6 Å².